The maximum Gasteiger partial charge on any atom is 0.335 e. The lowest BCUT2D eigenvalue weighted by molar-refractivity contribution is 0.0697. The third-order valence-corrected chi connectivity index (χ3v) is 5.00. The van der Waals surface area contributed by atoms with E-state index in [1.54, 1.807) is 12.1 Å². The van der Waals surface area contributed by atoms with Crippen LogP contribution in [0.15, 0.2) is 18.2 Å². The lowest BCUT2D eigenvalue weighted by atomic mass is 9.75. The average molecular weight is 359 g/mol. The van der Waals surface area contributed by atoms with Gasteiger partial charge in [0.2, 0.25) is 0 Å². The maximum absolute atomic E-state index is 11.0. The Kier molecular flexibility index (Phi) is 3.84. The van der Waals surface area contributed by atoms with Crippen molar-refractivity contribution in [2.45, 2.75) is 26.7 Å². The molecule has 0 saturated carbocycles. The molecule has 0 spiro atoms. The van der Waals surface area contributed by atoms with Crippen LogP contribution in [0.2, 0.25) is 0 Å². The molecule has 0 radical (unpaired) electrons. The number of rotatable bonds is 4. The third kappa shape index (κ3) is 2.35. The first kappa shape index (κ1) is 13.6. The van der Waals surface area contributed by atoms with Gasteiger partial charge in [0, 0.05) is 22.1 Å². The van der Waals surface area contributed by atoms with Gasteiger partial charge < -0.3 is 10.0 Å². The molecule has 0 aliphatic carbocycles. The molecule has 1 aliphatic rings. The van der Waals surface area contributed by atoms with Gasteiger partial charge in [0.15, 0.2) is 0 Å². The van der Waals surface area contributed by atoms with Gasteiger partial charge >= 0.3 is 5.97 Å². The van der Waals surface area contributed by atoms with E-state index in [9.17, 15) is 4.79 Å². The molecule has 0 bridgehead atoms. The quantitative estimate of drug-likeness (QED) is 0.835. The van der Waals surface area contributed by atoms with E-state index in [0.717, 1.165) is 22.3 Å². The van der Waals surface area contributed by atoms with E-state index < -0.39 is 5.97 Å². The second-order valence-corrected chi connectivity index (χ2v) is 6.20. The van der Waals surface area contributed by atoms with Gasteiger partial charge in [-0.2, -0.15) is 0 Å². The number of carboxylic acid groups (broad SMARTS) is 1. The molecule has 1 heterocycles. The van der Waals surface area contributed by atoms with Crippen LogP contribution in [0.5, 0.6) is 0 Å². The molecule has 1 fully saturated rings. The molecule has 1 aromatic rings. The summed E-state index contributed by atoms with van der Waals surface area (Å²) in [6, 6.07) is 5.34. The molecule has 0 unspecified atom stereocenters. The zero-order chi connectivity index (χ0) is 13.3. The van der Waals surface area contributed by atoms with Crippen molar-refractivity contribution in [3.63, 3.8) is 0 Å². The van der Waals surface area contributed by atoms with Gasteiger partial charge in [0.1, 0.15) is 0 Å². The Bertz CT molecular complexity index is 461. The number of carbonyl (C=O) groups is 1. The van der Waals surface area contributed by atoms with Crippen molar-refractivity contribution in [2.24, 2.45) is 5.41 Å². The van der Waals surface area contributed by atoms with Gasteiger partial charge in [-0.1, -0.05) is 13.8 Å². The summed E-state index contributed by atoms with van der Waals surface area (Å²) in [4.78, 5) is 13.3. The molecule has 1 N–H and O–H groups in total. The minimum atomic E-state index is -0.856. The fraction of sp³-hybridized carbons (Fsp3) is 0.500. The van der Waals surface area contributed by atoms with Crippen LogP contribution < -0.4 is 4.90 Å². The summed E-state index contributed by atoms with van der Waals surface area (Å²) in [5, 5.41) is 9.05. The summed E-state index contributed by atoms with van der Waals surface area (Å²) in [7, 11) is 0. The minimum Gasteiger partial charge on any atom is -0.478 e. The Balaban J connectivity index is 2.21. The molecule has 3 nitrogen and oxygen atoms in total. The van der Waals surface area contributed by atoms with Gasteiger partial charge in [0.05, 0.1) is 11.3 Å². The molecule has 2 rings (SSSR count). The van der Waals surface area contributed by atoms with Crippen molar-refractivity contribution < 1.29 is 9.90 Å². The Morgan fingerprint density at radius 3 is 2.50 bits per heavy atom. The molecule has 1 aliphatic heterocycles. The summed E-state index contributed by atoms with van der Waals surface area (Å²) in [6.45, 7) is 6.55. The second kappa shape index (κ2) is 5.07. The first-order valence-electron chi connectivity index (χ1n) is 6.29. The highest BCUT2D eigenvalue weighted by Crippen LogP contribution is 2.41. The third-order valence-electron chi connectivity index (χ3n) is 4.09. The van der Waals surface area contributed by atoms with Crippen molar-refractivity contribution in [3.8, 4) is 0 Å². The van der Waals surface area contributed by atoms with Gasteiger partial charge in [-0.3, -0.25) is 0 Å². The first-order valence-corrected chi connectivity index (χ1v) is 7.37. The zero-order valence-corrected chi connectivity index (χ0v) is 12.9. The van der Waals surface area contributed by atoms with Crippen molar-refractivity contribution in [3.05, 3.63) is 27.3 Å². The number of benzene rings is 1. The fourth-order valence-electron chi connectivity index (χ4n) is 2.52. The number of halogens is 1. The number of hydrogen-bond acceptors (Lipinski definition) is 2. The second-order valence-electron chi connectivity index (χ2n) is 5.03. The summed E-state index contributed by atoms with van der Waals surface area (Å²) < 4.78 is 1.12. The monoisotopic (exact) mass is 359 g/mol. The smallest absolute Gasteiger partial charge is 0.335 e. The molecule has 98 valence electrons. The van der Waals surface area contributed by atoms with Crippen molar-refractivity contribution in [2.75, 3.05) is 18.0 Å². The highest BCUT2D eigenvalue weighted by Gasteiger charge is 2.40. The molecular formula is C14H18INO2. The Morgan fingerprint density at radius 1 is 1.39 bits per heavy atom. The SMILES string of the molecule is CCC1(CC)CN(c2cc(C(=O)O)ccc2I)C1. The number of anilines is 1. The predicted molar refractivity (Wildman–Crippen MR) is 81.3 cm³/mol. The minimum absolute atomic E-state index is 0.371. The number of carboxylic acids is 1. The Hall–Kier alpha value is -0.780. The van der Waals surface area contributed by atoms with Crippen LogP contribution in [0, 0.1) is 8.99 Å². The van der Waals surface area contributed by atoms with Gasteiger partial charge in [-0.25, -0.2) is 4.79 Å². The van der Waals surface area contributed by atoms with Crippen LogP contribution in [-0.4, -0.2) is 24.2 Å². The molecule has 18 heavy (non-hydrogen) atoms. The predicted octanol–water partition coefficient (Wildman–Crippen LogP) is 3.62. The van der Waals surface area contributed by atoms with Crippen LogP contribution in [-0.2, 0) is 0 Å². The molecule has 4 heteroatoms. The lowest BCUT2D eigenvalue weighted by Crippen LogP contribution is -2.56. The van der Waals surface area contributed by atoms with Crippen molar-refractivity contribution in [1.29, 1.82) is 0 Å². The molecule has 1 saturated heterocycles. The highest BCUT2D eigenvalue weighted by atomic mass is 127. The van der Waals surface area contributed by atoms with Gasteiger partial charge in [0.25, 0.3) is 0 Å². The van der Waals surface area contributed by atoms with E-state index in [0.29, 0.717) is 11.0 Å². The largest absolute Gasteiger partial charge is 0.478 e. The average Bonchev–Trinajstić information content (AvgIpc) is 2.30. The number of hydrogen-bond donors (Lipinski definition) is 1. The van der Waals surface area contributed by atoms with Crippen molar-refractivity contribution in [1.82, 2.24) is 0 Å². The number of nitrogens with zero attached hydrogens (tertiary/aromatic N) is 1. The van der Waals surface area contributed by atoms with E-state index in [4.69, 9.17) is 5.11 Å². The van der Waals surface area contributed by atoms with Crippen LogP contribution >= 0.6 is 22.6 Å². The van der Waals surface area contributed by atoms with Crippen LogP contribution in [0.25, 0.3) is 0 Å². The normalized spacial score (nSPS) is 17.4. The number of aromatic carboxylic acids is 1. The molecular weight excluding hydrogens is 341 g/mol. The van der Waals surface area contributed by atoms with E-state index in [2.05, 4.69) is 41.3 Å². The maximum atomic E-state index is 11.0. The summed E-state index contributed by atoms with van der Waals surface area (Å²) >= 11 is 2.27. The zero-order valence-electron chi connectivity index (χ0n) is 10.7. The molecule has 1 aromatic carbocycles. The molecule has 0 amide bonds. The van der Waals surface area contributed by atoms with E-state index in [1.165, 1.54) is 12.8 Å². The van der Waals surface area contributed by atoms with Gasteiger partial charge in [-0.15, -0.1) is 0 Å². The van der Waals surface area contributed by atoms with Crippen molar-refractivity contribution >= 4 is 34.2 Å². The highest BCUT2D eigenvalue weighted by molar-refractivity contribution is 14.1. The van der Waals surface area contributed by atoms with E-state index in [-0.39, 0.29) is 0 Å². The molecule has 0 aromatic heterocycles. The summed E-state index contributed by atoms with van der Waals surface area (Å²) in [5.74, 6) is -0.856. The van der Waals surface area contributed by atoms with Crippen LogP contribution in [0.1, 0.15) is 37.0 Å². The van der Waals surface area contributed by atoms with Crippen LogP contribution in [0.3, 0.4) is 0 Å². The van der Waals surface area contributed by atoms with E-state index >= 15 is 0 Å². The summed E-state index contributed by atoms with van der Waals surface area (Å²) in [5.41, 5.74) is 1.87. The lowest BCUT2D eigenvalue weighted by Gasteiger charge is -2.51. The van der Waals surface area contributed by atoms with E-state index in [1.807, 2.05) is 6.07 Å². The topological polar surface area (TPSA) is 40.5 Å². The van der Waals surface area contributed by atoms with Gasteiger partial charge in [-0.05, 0) is 53.6 Å². The molecule has 0 atom stereocenters. The Labute approximate surface area is 121 Å². The first-order chi connectivity index (χ1) is 8.51. The fourth-order valence-corrected chi connectivity index (χ4v) is 3.20. The standard InChI is InChI=1S/C14H18INO2/c1-3-14(4-2)8-16(9-14)12-7-10(13(17)18)5-6-11(12)15/h5-7H,3-4,8-9H2,1-2H3,(H,17,18). The summed E-state index contributed by atoms with van der Waals surface area (Å²) in [6.07, 6.45) is 2.38. The Morgan fingerprint density at radius 2 is 2.00 bits per heavy atom. The van der Waals surface area contributed by atoms with Crippen LogP contribution in [0.4, 0.5) is 5.69 Å².